The fourth-order valence-corrected chi connectivity index (χ4v) is 5.49. The number of carbonyl (C=O) groups is 2. The summed E-state index contributed by atoms with van der Waals surface area (Å²) in [6.45, 7) is 5.68. The van der Waals surface area contributed by atoms with Gasteiger partial charge in [0, 0.05) is 35.0 Å². The van der Waals surface area contributed by atoms with Crippen molar-refractivity contribution in [3.8, 4) is 22.7 Å². The first-order chi connectivity index (χ1) is 20.6. The monoisotopic (exact) mass is 587 g/mol. The van der Waals surface area contributed by atoms with Gasteiger partial charge in [-0.15, -0.1) is 0 Å². The van der Waals surface area contributed by atoms with E-state index in [0.29, 0.717) is 63.8 Å². The van der Waals surface area contributed by atoms with E-state index >= 15 is 4.39 Å². The zero-order valence-electron chi connectivity index (χ0n) is 23.6. The first kappa shape index (κ1) is 27.9. The third-order valence-corrected chi connectivity index (χ3v) is 7.59. The Kier molecular flexibility index (Phi) is 7.08. The number of nitrogens with one attached hydrogen (secondary N) is 1. The van der Waals surface area contributed by atoms with Crippen LogP contribution in [-0.4, -0.2) is 53.0 Å². The largest absolute Gasteiger partial charge is 0.490 e. The maximum absolute atomic E-state index is 15.3. The van der Waals surface area contributed by atoms with Crippen LogP contribution in [0.15, 0.2) is 36.7 Å². The Hall–Kier alpha value is -5.20. The summed E-state index contributed by atoms with van der Waals surface area (Å²) in [7, 11) is 0. The van der Waals surface area contributed by atoms with Crippen molar-refractivity contribution in [2.24, 2.45) is 0 Å². The highest BCUT2D eigenvalue weighted by molar-refractivity contribution is 5.93. The van der Waals surface area contributed by atoms with Crippen molar-refractivity contribution in [2.75, 3.05) is 6.61 Å². The van der Waals surface area contributed by atoms with Crippen LogP contribution in [0, 0.1) is 32.4 Å². The van der Waals surface area contributed by atoms with Gasteiger partial charge in [0.25, 0.3) is 5.91 Å². The zero-order chi connectivity index (χ0) is 30.4. The van der Waals surface area contributed by atoms with Crippen molar-refractivity contribution in [1.29, 1.82) is 0 Å². The maximum atomic E-state index is 15.3. The summed E-state index contributed by atoms with van der Waals surface area (Å²) in [6, 6.07) is 6.95. The molecular formula is C30H27F2N7O4. The smallest absolute Gasteiger partial charge is 0.307 e. The number of benzene rings is 2. The molecule has 1 aliphatic heterocycles. The van der Waals surface area contributed by atoms with E-state index in [1.165, 1.54) is 39.8 Å². The van der Waals surface area contributed by atoms with Crippen LogP contribution in [-0.2, 0) is 24.2 Å². The lowest BCUT2D eigenvalue weighted by molar-refractivity contribution is -0.136. The fraction of sp³-hybridized carbons (Fsp3) is 0.267. The van der Waals surface area contributed by atoms with Crippen LogP contribution in [0.25, 0.3) is 22.6 Å². The molecule has 0 bridgehead atoms. The number of carboxylic acid groups (broad SMARTS) is 1. The Morgan fingerprint density at radius 2 is 1.95 bits per heavy atom. The molecule has 0 unspecified atom stereocenters. The molecule has 0 aliphatic carbocycles. The zero-order valence-corrected chi connectivity index (χ0v) is 23.6. The van der Waals surface area contributed by atoms with Crippen LogP contribution >= 0.6 is 0 Å². The van der Waals surface area contributed by atoms with Crippen LogP contribution in [0.2, 0.25) is 0 Å². The number of nitrogens with zero attached hydrogens (tertiary/aromatic N) is 6. The summed E-state index contributed by atoms with van der Waals surface area (Å²) >= 11 is 0. The van der Waals surface area contributed by atoms with E-state index < -0.39 is 23.5 Å². The molecule has 3 aromatic heterocycles. The molecule has 43 heavy (non-hydrogen) atoms. The van der Waals surface area contributed by atoms with Gasteiger partial charge in [-0.1, -0.05) is 6.07 Å². The topological polar surface area (TPSA) is 137 Å². The van der Waals surface area contributed by atoms with Crippen molar-refractivity contribution in [2.45, 2.75) is 46.6 Å². The molecule has 0 fully saturated rings. The summed E-state index contributed by atoms with van der Waals surface area (Å²) in [6.07, 6.45) is 2.31. The SMILES string of the molecule is Cc1nc2cc(C(=O)NCc3ccc(F)cc3-n3ncnc3C)nn2c(-c2cc(F)c3c(c2C)CCCO3)c1CC(=O)O. The quantitative estimate of drug-likeness (QED) is 0.291. The molecule has 2 aromatic carbocycles. The highest BCUT2D eigenvalue weighted by atomic mass is 19.1. The number of aryl methyl sites for hydroxylation is 2. The average molecular weight is 588 g/mol. The molecule has 13 heteroatoms. The Balaban J connectivity index is 1.41. The van der Waals surface area contributed by atoms with Crippen LogP contribution < -0.4 is 10.1 Å². The summed E-state index contributed by atoms with van der Waals surface area (Å²) in [5.74, 6) is -1.90. The number of ether oxygens (including phenoxy) is 1. The summed E-state index contributed by atoms with van der Waals surface area (Å²) in [4.78, 5) is 33.8. The minimum Gasteiger partial charge on any atom is -0.490 e. The van der Waals surface area contributed by atoms with Gasteiger partial charge in [-0.3, -0.25) is 9.59 Å². The second-order valence-electron chi connectivity index (χ2n) is 10.4. The summed E-state index contributed by atoms with van der Waals surface area (Å²) in [5, 5.41) is 21.1. The normalized spacial score (nSPS) is 12.7. The number of fused-ring (bicyclic) bond motifs is 2. The van der Waals surface area contributed by atoms with E-state index in [-0.39, 0.29) is 24.4 Å². The van der Waals surface area contributed by atoms with Crippen molar-refractivity contribution in [1.82, 2.24) is 34.7 Å². The Labute approximate surface area is 244 Å². The predicted octanol–water partition coefficient (Wildman–Crippen LogP) is 4.06. The number of halogens is 2. The Bertz CT molecular complexity index is 1930. The number of carboxylic acids is 1. The first-order valence-electron chi connectivity index (χ1n) is 13.6. The van der Waals surface area contributed by atoms with Gasteiger partial charge in [-0.05, 0) is 62.9 Å². The van der Waals surface area contributed by atoms with Gasteiger partial charge in [0.15, 0.2) is 22.9 Å². The lowest BCUT2D eigenvalue weighted by atomic mass is 9.91. The van der Waals surface area contributed by atoms with E-state index in [2.05, 4.69) is 25.5 Å². The molecule has 0 saturated heterocycles. The molecule has 0 spiro atoms. The first-order valence-corrected chi connectivity index (χ1v) is 13.6. The maximum Gasteiger partial charge on any atom is 0.307 e. The molecule has 0 atom stereocenters. The van der Waals surface area contributed by atoms with Gasteiger partial charge in [-0.25, -0.2) is 27.9 Å². The third-order valence-electron chi connectivity index (χ3n) is 7.59. The fourth-order valence-electron chi connectivity index (χ4n) is 5.49. The number of carbonyl (C=O) groups excluding carboxylic acids is 1. The van der Waals surface area contributed by atoms with Crippen molar-refractivity contribution in [3.05, 3.63) is 87.8 Å². The Morgan fingerprint density at radius 1 is 1.14 bits per heavy atom. The molecule has 1 aliphatic rings. The molecule has 0 saturated carbocycles. The Morgan fingerprint density at radius 3 is 2.70 bits per heavy atom. The van der Waals surface area contributed by atoms with Crippen molar-refractivity contribution in [3.63, 3.8) is 0 Å². The van der Waals surface area contributed by atoms with E-state index in [4.69, 9.17) is 4.74 Å². The number of aliphatic carboxylic acids is 1. The molecular weight excluding hydrogens is 560 g/mol. The van der Waals surface area contributed by atoms with Gasteiger partial charge >= 0.3 is 5.97 Å². The molecule has 0 radical (unpaired) electrons. The second kappa shape index (κ2) is 10.9. The predicted molar refractivity (Wildman–Crippen MR) is 150 cm³/mol. The standard InChI is InChI=1S/C30H27F2N7O4/c1-15-20-5-4-8-43-29(20)23(32)10-21(15)28-22(11-27(40)41)16(2)36-26-12-24(37-39(26)28)30(42)33-13-18-6-7-19(31)9-25(18)38-17(3)34-14-35-38/h6-7,9-10,12,14H,4-5,8,11,13H2,1-3H3,(H,33,42)(H,40,41). The van der Waals surface area contributed by atoms with Gasteiger partial charge in [0.1, 0.15) is 18.0 Å². The molecule has 220 valence electrons. The van der Waals surface area contributed by atoms with E-state index in [0.717, 1.165) is 12.0 Å². The third kappa shape index (κ3) is 5.07. The van der Waals surface area contributed by atoms with Gasteiger partial charge in [0.05, 0.1) is 24.4 Å². The van der Waals surface area contributed by atoms with Crippen LogP contribution in [0.4, 0.5) is 8.78 Å². The number of rotatable bonds is 7. The lowest BCUT2D eigenvalue weighted by Gasteiger charge is -2.23. The van der Waals surface area contributed by atoms with Gasteiger partial charge in [-0.2, -0.15) is 10.2 Å². The average Bonchev–Trinajstić information content (AvgIpc) is 3.60. The lowest BCUT2D eigenvalue weighted by Crippen LogP contribution is -2.24. The molecule has 2 N–H and O–H groups in total. The number of hydrogen-bond donors (Lipinski definition) is 2. The van der Waals surface area contributed by atoms with E-state index in [1.54, 1.807) is 19.9 Å². The second-order valence-corrected chi connectivity index (χ2v) is 10.4. The molecule has 4 heterocycles. The van der Waals surface area contributed by atoms with E-state index in [1.807, 2.05) is 6.92 Å². The number of amides is 1. The molecule has 11 nitrogen and oxygen atoms in total. The number of hydrogen-bond acceptors (Lipinski definition) is 7. The minimum atomic E-state index is -1.09. The molecule has 6 rings (SSSR count). The molecule has 1 amide bonds. The van der Waals surface area contributed by atoms with Crippen LogP contribution in [0.1, 0.15) is 50.7 Å². The van der Waals surface area contributed by atoms with Crippen molar-refractivity contribution < 1.29 is 28.2 Å². The van der Waals surface area contributed by atoms with Crippen LogP contribution in [0.3, 0.4) is 0 Å². The van der Waals surface area contributed by atoms with Gasteiger partial charge < -0.3 is 15.2 Å². The highest BCUT2D eigenvalue weighted by Crippen LogP contribution is 2.39. The molecule has 5 aromatic rings. The van der Waals surface area contributed by atoms with E-state index in [9.17, 15) is 19.1 Å². The summed E-state index contributed by atoms with van der Waals surface area (Å²) < 4.78 is 37.8. The summed E-state index contributed by atoms with van der Waals surface area (Å²) in [5.41, 5.74) is 4.35. The van der Waals surface area contributed by atoms with Gasteiger partial charge in [0.2, 0.25) is 0 Å². The van der Waals surface area contributed by atoms with Crippen molar-refractivity contribution >= 4 is 17.5 Å². The minimum absolute atomic E-state index is 0.0145. The number of aromatic nitrogens is 6. The van der Waals surface area contributed by atoms with Crippen LogP contribution in [0.5, 0.6) is 5.75 Å². The highest BCUT2D eigenvalue weighted by Gasteiger charge is 2.26.